The van der Waals surface area contributed by atoms with E-state index in [2.05, 4.69) is 46.4 Å². The first kappa shape index (κ1) is 12.9. The van der Waals surface area contributed by atoms with Crippen LogP contribution in [-0.2, 0) is 6.42 Å². The van der Waals surface area contributed by atoms with Crippen molar-refractivity contribution in [2.24, 2.45) is 0 Å². The predicted molar refractivity (Wildman–Crippen MR) is 63.6 cm³/mol. The van der Waals surface area contributed by atoms with Gasteiger partial charge in [0.2, 0.25) is 0 Å². The van der Waals surface area contributed by atoms with E-state index >= 15 is 0 Å². The van der Waals surface area contributed by atoms with Crippen molar-refractivity contribution in [3.05, 3.63) is 34.3 Å². The highest BCUT2D eigenvalue weighted by Crippen LogP contribution is 2.17. The summed E-state index contributed by atoms with van der Waals surface area (Å²) in [7, 11) is 1.99. The van der Waals surface area contributed by atoms with E-state index in [0.29, 0.717) is 6.04 Å². The minimum Gasteiger partial charge on any atom is -0.317 e. The Balaban J connectivity index is 0.00000144. The van der Waals surface area contributed by atoms with Gasteiger partial charge in [-0.1, -0.05) is 34.1 Å². The van der Waals surface area contributed by atoms with Crippen molar-refractivity contribution in [3.63, 3.8) is 0 Å². The third-order valence-corrected chi connectivity index (χ3v) is 2.75. The van der Waals surface area contributed by atoms with Crippen LogP contribution in [0.5, 0.6) is 0 Å². The Hall–Kier alpha value is -0.0500. The van der Waals surface area contributed by atoms with E-state index in [4.69, 9.17) is 0 Å². The van der Waals surface area contributed by atoms with Gasteiger partial charge in [-0.2, -0.15) is 0 Å². The van der Waals surface area contributed by atoms with E-state index in [-0.39, 0.29) is 12.4 Å². The van der Waals surface area contributed by atoms with Crippen LogP contribution in [0.3, 0.4) is 0 Å². The molecule has 0 aromatic heterocycles. The molecule has 0 saturated heterocycles. The summed E-state index contributed by atoms with van der Waals surface area (Å²) in [4.78, 5) is 0. The van der Waals surface area contributed by atoms with E-state index in [0.717, 1.165) is 6.42 Å². The Morgan fingerprint density at radius 1 is 1.38 bits per heavy atom. The fraction of sp³-hybridized carbons (Fsp3) is 0.400. The van der Waals surface area contributed by atoms with Crippen LogP contribution in [0.4, 0.5) is 0 Å². The minimum atomic E-state index is 0. The monoisotopic (exact) mass is 263 g/mol. The van der Waals surface area contributed by atoms with Gasteiger partial charge in [0.05, 0.1) is 0 Å². The topological polar surface area (TPSA) is 12.0 Å². The van der Waals surface area contributed by atoms with Crippen LogP contribution in [0, 0.1) is 0 Å². The molecule has 1 nitrogen and oxygen atoms in total. The number of rotatable bonds is 3. The SMILES string of the molecule is CNC(C)Cc1ccccc1Br.Cl. The fourth-order valence-corrected chi connectivity index (χ4v) is 1.54. The van der Waals surface area contributed by atoms with Gasteiger partial charge in [-0.05, 0) is 32.0 Å². The first-order valence-corrected chi connectivity index (χ1v) is 4.94. The maximum atomic E-state index is 3.53. The highest BCUT2D eigenvalue weighted by Gasteiger charge is 2.02. The molecule has 0 saturated carbocycles. The van der Waals surface area contributed by atoms with Crippen LogP contribution in [0.1, 0.15) is 12.5 Å². The second kappa shape index (κ2) is 6.41. The van der Waals surface area contributed by atoms with Crippen LogP contribution in [0.2, 0.25) is 0 Å². The Labute approximate surface area is 94.5 Å². The van der Waals surface area contributed by atoms with Crippen LogP contribution in [0.25, 0.3) is 0 Å². The van der Waals surface area contributed by atoms with Gasteiger partial charge < -0.3 is 5.32 Å². The first-order chi connectivity index (χ1) is 5.74. The summed E-state index contributed by atoms with van der Waals surface area (Å²) < 4.78 is 1.20. The zero-order valence-corrected chi connectivity index (χ0v) is 10.3. The van der Waals surface area contributed by atoms with Gasteiger partial charge >= 0.3 is 0 Å². The lowest BCUT2D eigenvalue weighted by Crippen LogP contribution is -2.23. The van der Waals surface area contributed by atoms with E-state index in [1.165, 1.54) is 10.0 Å². The summed E-state index contributed by atoms with van der Waals surface area (Å²) in [6.45, 7) is 2.18. The Morgan fingerprint density at radius 2 is 2.00 bits per heavy atom. The molecule has 1 unspecified atom stereocenters. The number of likely N-dealkylation sites (N-methyl/N-ethyl adjacent to an activating group) is 1. The van der Waals surface area contributed by atoms with Gasteiger partial charge in [-0.25, -0.2) is 0 Å². The summed E-state index contributed by atoms with van der Waals surface area (Å²) in [6, 6.07) is 8.87. The largest absolute Gasteiger partial charge is 0.317 e. The fourth-order valence-electron chi connectivity index (χ4n) is 1.10. The van der Waals surface area contributed by atoms with Gasteiger partial charge in [-0.3, -0.25) is 0 Å². The molecule has 0 radical (unpaired) electrons. The predicted octanol–water partition coefficient (Wildman–Crippen LogP) is 3.02. The van der Waals surface area contributed by atoms with Gasteiger partial charge in [0.15, 0.2) is 0 Å². The zero-order valence-electron chi connectivity index (χ0n) is 7.88. The molecule has 3 heteroatoms. The van der Waals surface area contributed by atoms with Gasteiger partial charge in [0.25, 0.3) is 0 Å². The molecule has 0 aliphatic heterocycles. The molecule has 0 heterocycles. The summed E-state index contributed by atoms with van der Waals surface area (Å²) in [5.74, 6) is 0. The summed E-state index contributed by atoms with van der Waals surface area (Å²) >= 11 is 3.53. The average molecular weight is 265 g/mol. The molecule has 1 rings (SSSR count). The second-order valence-corrected chi connectivity index (χ2v) is 3.84. The highest BCUT2D eigenvalue weighted by atomic mass is 79.9. The van der Waals surface area contributed by atoms with Gasteiger partial charge in [-0.15, -0.1) is 12.4 Å². The van der Waals surface area contributed by atoms with Crippen LogP contribution < -0.4 is 5.32 Å². The first-order valence-electron chi connectivity index (χ1n) is 4.14. The molecule has 0 amide bonds. The third-order valence-electron chi connectivity index (χ3n) is 1.98. The quantitative estimate of drug-likeness (QED) is 0.885. The summed E-state index contributed by atoms with van der Waals surface area (Å²) in [6.07, 6.45) is 1.07. The molecule has 0 bridgehead atoms. The molecule has 0 fully saturated rings. The zero-order chi connectivity index (χ0) is 8.97. The van der Waals surface area contributed by atoms with E-state index < -0.39 is 0 Å². The molecule has 0 spiro atoms. The molecular weight excluding hydrogens is 249 g/mol. The summed E-state index contributed by atoms with van der Waals surface area (Å²) in [5.41, 5.74) is 1.36. The molecular formula is C10H15BrClN. The van der Waals surface area contributed by atoms with Gasteiger partial charge in [0, 0.05) is 10.5 Å². The minimum absolute atomic E-state index is 0. The van der Waals surface area contributed by atoms with E-state index in [1.54, 1.807) is 0 Å². The molecule has 1 aromatic rings. The van der Waals surface area contributed by atoms with Crippen molar-refractivity contribution in [2.75, 3.05) is 7.05 Å². The van der Waals surface area contributed by atoms with Crippen molar-refractivity contribution in [1.82, 2.24) is 5.32 Å². The van der Waals surface area contributed by atoms with E-state index in [1.807, 2.05) is 13.1 Å². The molecule has 1 aromatic carbocycles. The maximum Gasteiger partial charge on any atom is 0.0207 e. The van der Waals surface area contributed by atoms with Crippen LogP contribution >= 0.6 is 28.3 Å². The highest BCUT2D eigenvalue weighted by molar-refractivity contribution is 9.10. The number of halogens is 2. The number of hydrogen-bond acceptors (Lipinski definition) is 1. The normalized spacial score (nSPS) is 11.9. The lowest BCUT2D eigenvalue weighted by molar-refractivity contribution is 0.607. The number of nitrogens with one attached hydrogen (secondary N) is 1. The maximum absolute atomic E-state index is 3.53. The lowest BCUT2D eigenvalue weighted by Gasteiger charge is -2.10. The molecule has 1 N–H and O–H groups in total. The van der Waals surface area contributed by atoms with Crippen molar-refractivity contribution >= 4 is 28.3 Å². The Morgan fingerprint density at radius 3 is 2.54 bits per heavy atom. The standard InChI is InChI=1S/C10H14BrN.ClH/c1-8(12-2)7-9-5-3-4-6-10(9)11;/h3-6,8,12H,7H2,1-2H3;1H. The average Bonchev–Trinajstić information content (AvgIpc) is 2.09. The van der Waals surface area contributed by atoms with Crippen molar-refractivity contribution in [1.29, 1.82) is 0 Å². The molecule has 0 aliphatic carbocycles. The third kappa shape index (κ3) is 4.12. The molecule has 1 atom stereocenters. The Bertz CT molecular complexity index is 252. The smallest absolute Gasteiger partial charge is 0.0207 e. The van der Waals surface area contributed by atoms with Gasteiger partial charge in [0.1, 0.15) is 0 Å². The van der Waals surface area contributed by atoms with E-state index in [9.17, 15) is 0 Å². The van der Waals surface area contributed by atoms with Crippen LogP contribution in [-0.4, -0.2) is 13.1 Å². The van der Waals surface area contributed by atoms with Crippen LogP contribution in [0.15, 0.2) is 28.7 Å². The van der Waals surface area contributed by atoms with Crippen molar-refractivity contribution < 1.29 is 0 Å². The lowest BCUT2D eigenvalue weighted by atomic mass is 10.1. The number of benzene rings is 1. The second-order valence-electron chi connectivity index (χ2n) is 2.99. The molecule has 0 aliphatic rings. The molecule has 74 valence electrons. The summed E-state index contributed by atoms with van der Waals surface area (Å²) in [5, 5.41) is 3.22. The van der Waals surface area contributed by atoms with Crippen molar-refractivity contribution in [2.45, 2.75) is 19.4 Å². The molecule has 13 heavy (non-hydrogen) atoms. The van der Waals surface area contributed by atoms with Crippen molar-refractivity contribution in [3.8, 4) is 0 Å². The Kier molecular flexibility index (Phi) is 6.39. The number of hydrogen-bond donors (Lipinski definition) is 1.